The molecular weight excluding hydrogens is 238 g/mol. The van der Waals surface area contributed by atoms with E-state index in [0.717, 1.165) is 18.7 Å². The predicted molar refractivity (Wildman–Crippen MR) is 75.8 cm³/mol. The Hall–Kier alpha value is -1.42. The topological polar surface area (TPSA) is 45.2 Å². The number of carbonyl (C=O) groups excluding carboxylic acids is 1. The molecule has 1 saturated carbocycles. The maximum Gasteiger partial charge on any atom is 0.236 e. The third-order valence-corrected chi connectivity index (χ3v) is 3.75. The largest absolute Gasteiger partial charge is 0.344 e. The Morgan fingerprint density at radius 2 is 2.21 bits per heavy atom. The molecule has 0 unspecified atom stereocenters. The Morgan fingerprint density at radius 1 is 1.42 bits per heavy atom. The first kappa shape index (κ1) is 14.0. The second-order valence-corrected chi connectivity index (χ2v) is 5.25. The van der Waals surface area contributed by atoms with Crippen LogP contribution < -0.4 is 5.32 Å². The number of pyridine rings is 1. The fourth-order valence-electron chi connectivity index (χ4n) is 2.45. The van der Waals surface area contributed by atoms with Crippen molar-refractivity contribution in [1.82, 2.24) is 15.2 Å². The van der Waals surface area contributed by atoms with E-state index in [-0.39, 0.29) is 5.91 Å². The molecule has 1 N–H and O–H groups in total. The Kier molecular flexibility index (Phi) is 5.33. The SMILES string of the molecule is CN(CCc1ccccn1)C(=O)CNC1CCCC1. The normalized spacial score (nSPS) is 15.6. The summed E-state index contributed by atoms with van der Waals surface area (Å²) >= 11 is 0. The van der Waals surface area contributed by atoms with Gasteiger partial charge in [-0.1, -0.05) is 18.9 Å². The number of amides is 1. The summed E-state index contributed by atoms with van der Waals surface area (Å²) in [7, 11) is 1.86. The van der Waals surface area contributed by atoms with E-state index in [2.05, 4.69) is 10.3 Å². The highest BCUT2D eigenvalue weighted by atomic mass is 16.2. The van der Waals surface area contributed by atoms with Gasteiger partial charge in [-0.15, -0.1) is 0 Å². The van der Waals surface area contributed by atoms with Crippen LogP contribution in [0.5, 0.6) is 0 Å². The van der Waals surface area contributed by atoms with Gasteiger partial charge in [-0.2, -0.15) is 0 Å². The van der Waals surface area contributed by atoms with Crippen molar-refractivity contribution in [3.63, 3.8) is 0 Å². The zero-order valence-corrected chi connectivity index (χ0v) is 11.6. The van der Waals surface area contributed by atoms with Crippen LogP contribution in [-0.4, -0.2) is 42.0 Å². The van der Waals surface area contributed by atoms with Crippen LogP contribution in [0, 0.1) is 0 Å². The molecule has 2 rings (SSSR count). The van der Waals surface area contributed by atoms with Gasteiger partial charge in [0.25, 0.3) is 0 Å². The molecule has 0 aliphatic heterocycles. The highest BCUT2D eigenvalue weighted by Gasteiger charge is 2.16. The first-order chi connectivity index (χ1) is 9.25. The number of hydrogen-bond donors (Lipinski definition) is 1. The molecule has 1 aromatic heterocycles. The van der Waals surface area contributed by atoms with Crippen molar-refractivity contribution in [1.29, 1.82) is 0 Å². The molecule has 1 aliphatic carbocycles. The number of aromatic nitrogens is 1. The fourth-order valence-corrected chi connectivity index (χ4v) is 2.45. The van der Waals surface area contributed by atoms with E-state index in [1.807, 2.05) is 25.2 Å². The summed E-state index contributed by atoms with van der Waals surface area (Å²) in [6, 6.07) is 6.43. The smallest absolute Gasteiger partial charge is 0.236 e. The van der Waals surface area contributed by atoms with E-state index in [0.29, 0.717) is 12.6 Å². The van der Waals surface area contributed by atoms with Crippen LogP contribution in [0.3, 0.4) is 0 Å². The van der Waals surface area contributed by atoms with Crippen molar-refractivity contribution in [2.24, 2.45) is 0 Å². The minimum absolute atomic E-state index is 0.169. The third-order valence-electron chi connectivity index (χ3n) is 3.75. The average molecular weight is 261 g/mol. The van der Waals surface area contributed by atoms with Crippen molar-refractivity contribution in [2.45, 2.75) is 38.1 Å². The second-order valence-electron chi connectivity index (χ2n) is 5.25. The Morgan fingerprint density at radius 3 is 2.89 bits per heavy atom. The Balaban J connectivity index is 1.67. The number of nitrogens with zero attached hydrogens (tertiary/aromatic N) is 2. The average Bonchev–Trinajstić information content (AvgIpc) is 2.96. The molecule has 0 spiro atoms. The molecule has 0 atom stereocenters. The van der Waals surface area contributed by atoms with Crippen LogP contribution in [0.2, 0.25) is 0 Å². The third kappa shape index (κ3) is 4.63. The summed E-state index contributed by atoms with van der Waals surface area (Å²) in [5.41, 5.74) is 1.03. The van der Waals surface area contributed by atoms with E-state index >= 15 is 0 Å². The molecule has 0 radical (unpaired) electrons. The van der Waals surface area contributed by atoms with Gasteiger partial charge in [-0.3, -0.25) is 9.78 Å². The van der Waals surface area contributed by atoms with Gasteiger partial charge in [0.05, 0.1) is 6.54 Å². The number of rotatable bonds is 6. The zero-order valence-electron chi connectivity index (χ0n) is 11.6. The summed E-state index contributed by atoms with van der Waals surface area (Å²) in [6.45, 7) is 1.19. The van der Waals surface area contributed by atoms with Crippen LogP contribution in [0.4, 0.5) is 0 Å². The summed E-state index contributed by atoms with van der Waals surface area (Å²) < 4.78 is 0. The number of carbonyl (C=O) groups is 1. The minimum Gasteiger partial charge on any atom is -0.344 e. The number of hydrogen-bond acceptors (Lipinski definition) is 3. The van der Waals surface area contributed by atoms with Crippen LogP contribution in [0.1, 0.15) is 31.4 Å². The predicted octanol–water partition coefficient (Wildman–Crippen LogP) is 1.61. The maximum absolute atomic E-state index is 12.0. The molecule has 104 valence electrons. The molecule has 4 nitrogen and oxygen atoms in total. The van der Waals surface area contributed by atoms with E-state index in [1.54, 1.807) is 11.1 Å². The fraction of sp³-hybridized carbons (Fsp3) is 0.600. The molecule has 1 amide bonds. The number of nitrogens with one attached hydrogen (secondary N) is 1. The lowest BCUT2D eigenvalue weighted by molar-refractivity contribution is -0.129. The lowest BCUT2D eigenvalue weighted by Gasteiger charge is -2.19. The molecule has 4 heteroatoms. The van der Waals surface area contributed by atoms with E-state index in [4.69, 9.17) is 0 Å². The van der Waals surface area contributed by atoms with Crippen molar-refractivity contribution in [2.75, 3.05) is 20.1 Å². The van der Waals surface area contributed by atoms with Crippen LogP contribution in [0.15, 0.2) is 24.4 Å². The summed E-state index contributed by atoms with van der Waals surface area (Å²) in [5.74, 6) is 0.169. The van der Waals surface area contributed by atoms with Crippen molar-refractivity contribution >= 4 is 5.91 Å². The minimum atomic E-state index is 0.169. The van der Waals surface area contributed by atoms with Crippen molar-refractivity contribution in [3.05, 3.63) is 30.1 Å². The van der Waals surface area contributed by atoms with Crippen LogP contribution in [0.25, 0.3) is 0 Å². The Bertz CT molecular complexity index is 388. The molecule has 1 aliphatic rings. The van der Waals surface area contributed by atoms with Gasteiger partial charge in [0.2, 0.25) is 5.91 Å². The molecule has 1 heterocycles. The monoisotopic (exact) mass is 261 g/mol. The van der Waals surface area contributed by atoms with E-state index < -0.39 is 0 Å². The Labute approximate surface area is 115 Å². The highest BCUT2D eigenvalue weighted by molar-refractivity contribution is 5.78. The summed E-state index contributed by atoms with van der Waals surface area (Å²) in [6.07, 6.45) is 7.61. The lowest BCUT2D eigenvalue weighted by atomic mass is 10.2. The summed E-state index contributed by atoms with van der Waals surface area (Å²) in [4.78, 5) is 18.0. The molecule has 1 aromatic rings. The standard InChI is InChI=1S/C15H23N3O/c1-18(11-9-14-8-4-5-10-16-14)15(19)12-17-13-6-2-3-7-13/h4-5,8,10,13,17H,2-3,6-7,9,11-12H2,1H3. The maximum atomic E-state index is 12.0. The molecule has 19 heavy (non-hydrogen) atoms. The quantitative estimate of drug-likeness (QED) is 0.846. The van der Waals surface area contributed by atoms with Gasteiger partial charge in [-0.05, 0) is 25.0 Å². The first-order valence-corrected chi connectivity index (χ1v) is 7.13. The van der Waals surface area contributed by atoms with E-state index in [9.17, 15) is 4.79 Å². The molecule has 0 bridgehead atoms. The van der Waals surface area contributed by atoms with Gasteiger partial charge in [-0.25, -0.2) is 0 Å². The lowest BCUT2D eigenvalue weighted by Crippen LogP contribution is -2.39. The van der Waals surface area contributed by atoms with Crippen LogP contribution in [-0.2, 0) is 11.2 Å². The zero-order chi connectivity index (χ0) is 13.5. The second kappa shape index (κ2) is 7.24. The first-order valence-electron chi connectivity index (χ1n) is 7.13. The number of likely N-dealkylation sites (N-methyl/N-ethyl adjacent to an activating group) is 1. The van der Waals surface area contributed by atoms with Gasteiger partial charge in [0.15, 0.2) is 0 Å². The van der Waals surface area contributed by atoms with Gasteiger partial charge < -0.3 is 10.2 Å². The molecule has 0 saturated heterocycles. The highest BCUT2D eigenvalue weighted by Crippen LogP contribution is 2.17. The van der Waals surface area contributed by atoms with Gasteiger partial charge in [0, 0.05) is 37.9 Å². The molecule has 1 fully saturated rings. The van der Waals surface area contributed by atoms with Crippen molar-refractivity contribution in [3.8, 4) is 0 Å². The summed E-state index contributed by atoms with van der Waals surface area (Å²) in [5, 5.41) is 3.35. The van der Waals surface area contributed by atoms with Gasteiger partial charge >= 0.3 is 0 Å². The molecule has 0 aromatic carbocycles. The molecular formula is C15H23N3O. The van der Waals surface area contributed by atoms with Crippen molar-refractivity contribution < 1.29 is 4.79 Å². The van der Waals surface area contributed by atoms with E-state index in [1.165, 1.54) is 25.7 Å². The van der Waals surface area contributed by atoms with Gasteiger partial charge in [0.1, 0.15) is 0 Å². The van der Waals surface area contributed by atoms with Crippen LogP contribution >= 0.6 is 0 Å².